The number of benzene rings is 1. The Kier molecular flexibility index (Phi) is 4.77. The zero-order valence-electron chi connectivity index (χ0n) is 9.12. The molecule has 0 radical (unpaired) electrons. The third-order valence-electron chi connectivity index (χ3n) is 2.55. The van der Waals surface area contributed by atoms with Gasteiger partial charge < -0.3 is 4.79 Å². The molecule has 1 heterocycles. The Labute approximate surface area is 113 Å². The van der Waals surface area contributed by atoms with Crippen molar-refractivity contribution in [1.82, 2.24) is 0 Å². The van der Waals surface area contributed by atoms with E-state index in [1.165, 1.54) is 12.5 Å². The number of hydrogen-bond donors (Lipinski definition) is 0. The predicted molar refractivity (Wildman–Crippen MR) is 73.5 cm³/mol. The van der Waals surface area contributed by atoms with Crippen LogP contribution in [0.4, 0.5) is 4.39 Å². The van der Waals surface area contributed by atoms with Gasteiger partial charge in [-0.05, 0) is 41.2 Å². The number of carbonyl (C=O) groups is 1. The molecule has 0 amide bonds. The molecule has 2 rings (SSSR count). The molecule has 0 aromatic heterocycles. The fourth-order valence-electron chi connectivity index (χ4n) is 1.71. The van der Waals surface area contributed by atoms with Gasteiger partial charge in [-0.2, -0.15) is 0 Å². The van der Waals surface area contributed by atoms with Gasteiger partial charge >= 0.3 is 0 Å². The molecular formula is C12H12ClFOS2. The Morgan fingerprint density at radius 1 is 1.41 bits per heavy atom. The second-order valence-corrected chi connectivity index (χ2v) is 6.89. The first-order valence-corrected chi connectivity index (χ1v) is 7.84. The summed E-state index contributed by atoms with van der Waals surface area (Å²) in [5, 5.41) is 0.462. The van der Waals surface area contributed by atoms with E-state index < -0.39 is 5.82 Å². The van der Waals surface area contributed by atoms with E-state index in [4.69, 9.17) is 11.6 Å². The van der Waals surface area contributed by atoms with E-state index >= 15 is 0 Å². The lowest BCUT2D eigenvalue weighted by atomic mass is 10.1. The molecule has 17 heavy (non-hydrogen) atoms. The lowest BCUT2D eigenvalue weighted by Gasteiger charge is -2.22. The maximum atomic E-state index is 13.5. The van der Waals surface area contributed by atoms with Gasteiger partial charge in [0.15, 0.2) is 0 Å². The Bertz CT molecular complexity index is 419. The van der Waals surface area contributed by atoms with Crippen molar-refractivity contribution in [1.29, 1.82) is 0 Å². The van der Waals surface area contributed by atoms with E-state index in [9.17, 15) is 9.18 Å². The van der Waals surface area contributed by atoms with E-state index in [2.05, 4.69) is 0 Å². The standard InChI is InChI=1S/C12H12ClFOS2/c13-10-7-11(14)8(2-3-15)6-9(10)12-16-4-1-5-17-12/h3,6-7,12H,1-2,4-5H2. The number of rotatable bonds is 3. The highest BCUT2D eigenvalue weighted by molar-refractivity contribution is 8.16. The summed E-state index contributed by atoms with van der Waals surface area (Å²) in [4.78, 5) is 10.5. The van der Waals surface area contributed by atoms with E-state index in [1.54, 1.807) is 6.07 Å². The molecule has 1 fully saturated rings. The van der Waals surface area contributed by atoms with Crippen molar-refractivity contribution >= 4 is 41.4 Å². The highest BCUT2D eigenvalue weighted by atomic mass is 35.5. The largest absolute Gasteiger partial charge is 0.303 e. The van der Waals surface area contributed by atoms with Gasteiger partial charge in [-0.15, -0.1) is 23.5 Å². The molecule has 1 nitrogen and oxygen atoms in total. The zero-order chi connectivity index (χ0) is 12.3. The molecule has 0 saturated carbocycles. The second-order valence-electron chi connectivity index (χ2n) is 3.76. The van der Waals surface area contributed by atoms with Crippen LogP contribution < -0.4 is 0 Å². The summed E-state index contributed by atoms with van der Waals surface area (Å²) in [6, 6.07) is 3.06. The zero-order valence-corrected chi connectivity index (χ0v) is 11.5. The molecule has 0 unspecified atom stereocenters. The van der Waals surface area contributed by atoms with Crippen LogP contribution in [0.3, 0.4) is 0 Å². The molecule has 1 aromatic rings. The van der Waals surface area contributed by atoms with Crippen molar-refractivity contribution in [3.05, 3.63) is 34.1 Å². The number of halogens is 2. The van der Waals surface area contributed by atoms with Crippen LogP contribution >= 0.6 is 35.1 Å². The van der Waals surface area contributed by atoms with Gasteiger partial charge in [-0.1, -0.05) is 11.6 Å². The molecule has 1 saturated heterocycles. The summed E-state index contributed by atoms with van der Waals surface area (Å²) < 4.78 is 13.8. The summed E-state index contributed by atoms with van der Waals surface area (Å²) in [5.41, 5.74) is 1.38. The third kappa shape index (κ3) is 3.18. The summed E-state index contributed by atoms with van der Waals surface area (Å²) in [6.45, 7) is 0. The highest BCUT2D eigenvalue weighted by Gasteiger charge is 2.20. The monoisotopic (exact) mass is 290 g/mol. The van der Waals surface area contributed by atoms with Crippen molar-refractivity contribution in [2.24, 2.45) is 0 Å². The number of aldehydes is 1. The van der Waals surface area contributed by atoms with Gasteiger partial charge in [0.05, 0.1) is 4.58 Å². The van der Waals surface area contributed by atoms with E-state index in [0.717, 1.165) is 23.4 Å². The summed E-state index contributed by atoms with van der Waals surface area (Å²) in [6.07, 6.45) is 2.03. The van der Waals surface area contributed by atoms with Crippen molar-refractivity contribution in [3.63, 3.8) is 0 Å². The van der Waals surface area contributed by atoms with Crippen LogP contribution in [0.5, 0.6) is 0 Å². The Hall–Kier alpha value is -0.190. The van der Waals surface area contributed by atoms with Crippen LogP contribution in [0, 0.1) is 5.82 Å². The number of thioether (sulfide) groups is 2. The van der Waals surface area contributed by atoms with Gasteiger partial charge in [-0.3, -0.25) is 0 Å². The second kappa shape index (κ2) is 6.12. The molecule has 0 aliphatic carbocycles. The normalized spacial score (nSPS) is 17.1. The molecule has 5 heteroatoms. The maximum absolute atomic E-state index is 13.5. The molecular weight excluding hydrogens is 279 g/mol. The SMILES string of the molecule is O=CCc1cc(C2SCCCS2)c(Cl)cc1F. The smallest absolute Gasteiger partial charge is 0.128 e. The number of hydrogen-bond acceptors (Lipinski definition) is 3. The Morgan fingerprint density at radius 2 is 2.12 bits per heavy atom. The Morgan fingerprint density at radius 3 is 2.76 bits per heavy atom. The molecule has 0 bridgehead atoms. The first kappa shape index (κ1) is 13.2. The van der Waals surface area contributed by atoms with Gasteiger partial charge in [0, 0.05) is 11.4 Å². The topological polar surface area (TPSA) is 17.1 Å². The minimum atomic E-state index is -0.392. The molecule has 1 aliphatic heterocycles. The van der Waals surface area contributed by atoms with Crippen LogP contribution in [0.2, 0.25) is 5.02 Å². The van der Waals surface area contributed by atoms with Gasteiger partial charge in [0.2, 0.25) is 0 Å². The van der Waals surface area contributed by atoms with Gasteiger partial charge in [-0.25, -0.2) is 4.39 Å². The fraction of sp³-hybridized carbons (Fsp3) is 0.417. The van der Waals surface area contributed by atoms with Crippen molar-refractivity contribution in [2.75, 3.05) is 11.5 Å². The summed E-state index contributed by atoms with van der Waals surface area (Å²) in [7, 11) is 0. The van der Waals surface area contributed by atoms with Crippen molar-refractivity contribution < 1.29 is 9.18 Å². The first-order valence-electron chi connectivity index (χ1n) is 5.37. The molecule has 0 spiro atoms. The molecule has 1 aromatic carbocycles. The van der Waals surface area contributed by atoms with E-state index in [1.807, 2.05) is 23.5 Å². The summed E-state index contributed by atoms with van der Waals surface area (Å²) >= 11 is 9.74. The highest BCUT2D eigenvalue weighted by Crippen LogP contribution is 2.46. The predicted octanol–water partition coefficient (Wildman–Crippen LogP) is 4.09. The first-order chi connectivity index (χ1) is 8.22. The van der Waals surface area contributed by atoms with Crippen LogP contribution in [0.1, 0.15) is 22.1 Å². The number of carbonyl (C=O) groups excluding carboxylic acids is 1. The van der Waals surface area contributed by atoms with E-state index in [0.29, 0.717) is 10.6 Å². The maximum Gasteiger partial charge on any atom is 0.128 e. The van der Waals surface area contributed by atoms with Crippen LogP contribution in [0.25, 0.3) is 0 Å². The van der Waals surface area contributed by atoms with Gasteiger partial charge in [0.1, 0.15) is 12.1 Å². The van der Waals surface area contributed by atoms with Crippen LogP contribution in [-0.2, 0) is 11.2 Å². The van der Waals surface area contributed by atoms with Crippen molar-refractivity contribution in [2.45, 2.75) is 17.4 Å². The van der Waals surface area contributed by atoms with Crippen LogP contribution in [0.15, 0.2) is 12.1 Å². The van der Waals surface area contributed by atoms with Crippen molar-refractivity contribution in [3.8, 4) is 0 Å². The van der Waals surface area contributed by atoms with E-state index in [-0.39, 0.29) is 11.0 Å². The van der Waals surface area contributed by atoms with Gasteiger partial charge in [0.25, 0.3) is 0 Å². The lowest BCUT2D eigenvalue weighted by molar-refractivity contribution is -0.107. The third-order valence-corrected chi connectivity index (χ3v) is 5.86. The van der Waals surface area contributed by atoms with Crippen LogP contribution in [-0.4, -0.2) is 17.8 Å². The molecule has 1 aliphatic rings. The Balaban J connectivity index is 2.31. The fourth-order valence-corrected chi connectivity index (χ4v) is 5.04. The minimum Gasteiger partial charge on any atom is -0.303 e. The average molecular weight is 291 g/mol. The molecule has 0 N–H and O–H groups in total. The average Bonchev–Trinajstić information content (AvgIpc) is 2.34. The quantitative estimate of drug-likeness (QED) is 0.781. The summed E-state index contributed by atoms with van der Waals surface area (Å²) in [5.74, 6) is 1.82. The minimum absolute atomic E-state index is 0.109. The molecule has 0 atom stereocenters. The lowest BCUT2D eigenvalue weighted by Crippen LogP contribution is -2.03. The molecule has 92 valence electrons.